The molecule has 0 aliphatic carbocycles. The zero-order chi connectivity index (χ0) is 16.8. The second-order valence-electron chi connectivity index (χ2n) is 4.97. The summed E-state index contributed by atoms with van der Waals surface area (Å²) in [7, 11) is 0. The van der Waals surface area contributed by atoms with Crippen LogP contribution in [0.3, 0.4) is 0 Å². The largest absolute Gasteiger partial charge is 0.548 e. The first-order chi connectivity index (χ1) is 11.0. The first-order valence-corrected chi connectivity index (χ1v) is 8.46. The monoisotopic (exact) mass is 346 g/mol. The van der Waals surface area contributed by atoms with Crippen LogP contribution in [-0.2, 0) is 9.59 Å². The minimum Gasteiger partial charge on any atom is -0.548 e. The normalized spacial score (nSPS) is 18.1. The SMILES string of the molecule is CCC[C@@H](C(=O)[O-])N1C(=O)/C(=C/C=C/c2ccccc2)SC1=S. The number of nitrogens with zero attached hydrogens (tertiary/aromatic N) is 1. The lowest BCUT2D eigenvalue weighted by molar-refractivity contribution is -0.310. The molecule has 23 heavy (non-hydrogen) atoms. The average Bonchev–Trinajstić information content (AvgIpc) is 2.80. The summed E-state index contributed by atoms with van der Waals surface area (Å²) in [5.74, 6) is -1.65. The van der Waals surface area contributed by atoms with Gasteiger partial charge in [-0.2, -0.15) is 0 Å². The molecule has 1 atom stereocenters. The lowest BCUT2D eigenvalue weighted by Gasteiger charge is -2.27. The van der Waals surface area contributed by atoms with Crippen LogP contribution in [0.15, 0.2) is 47.4 Å². The lowest BCUT2D eigenvalue weighted by Crippen LogP contribution is -2.49. The van der Waals surface area contributed by atoms with E-state index in [9.17, 15) is 14.7 Å². The number of hydrogen-bond acceptors (Lipinski definition) is 5. The molecule has 0 bridgehead atoms. The van der Waals surface area contributed by atoms with E-state index < -0.39 is 12.0 Å². The topological polar surface area (TPSA) is 60.4 Å². The van der Waals surface area contributed by atoms with Crippen molar-refractivity contribution in [2.24, 2.45) is 0 Å². The van der Waals surface area contributed by atoms with Crippen molar-refractivity contribution in [1.29, 1.82) is 0 Å². The van der Waals surface area contributed by atoms with Gasteiger partial charge in [0.05, 0.1) is 16.9 Å². The van der Waals surface area contributed by atoms with Gasteiger partial charge in [0.15, 0.2) is 0 Å². The Bertz CT molecular complexity index is 668. The second kappa shape index (κ2) is 8.08. The number of thiocarbonyl (C=S) groups is 1. The van der Waals surface area contributed by atoms with Gasteiger partial charge in [-0.25, -0.2) is 0 Å². The first-order valence-electron chi connectivity index (χ1n) is 7.24. The Hall–Kier alpha value is -1.92. The molecule has 1 aliphatic rings. The van der Waals surface area contributed by atoms with E-state index in [-0.39, 0.29) is 10.2 Å². The van der Waals surface area contributed by atoms with E-state index in [0.29, 0.717) is 17.7 Å². The van der Waals surface area contributed by atoms with E-state index >= 15 is 0 Å². The number of carboxylic acids is 1. The number of carbonyl (C=O) groups excluding carboxylic acids is 2. The summed E-state index contributed by atoms with van der Waals surface area (Å²) in [5, 5.41) is 11.3. The number of rotatable bonds is 6. The van der Waals surface area contributed by atoms with Gasteiger partial charge in [-0.15, -0.1) is 0 Å². The van der Waals surface area contributed by atoms with Crippen LogP contribution in [0.4, 0.5) is 0 Å². The Morgan fingerprint density at radius 1 is 1.39 bits per heavy atom. The Balaban J connectivity index is 2.15. The van der Waals surface area contributed by atoms with Crippen molar-refractivity contribution in [2.75, 3.05) is 0 Å². The van der Waals surface area contributed by atoms with Crippen LogP contribution >= 0.6 is 24.0 Å². The lowest BCUT2D eigenvalue weighted by atomic mass is 10.1. The molecule has 6 heteroatoms. The fourth-order valence-corrected chi connectivity index (χ4v) is 3.51. The minimum absolute atomic E-state index is 0.261. The summed E-state index contributed by atoms with van der Waals surface area (Å²) in [6.45, 7) is 1.85. The highest BCUT2D eigenvalue weighted by Gasteiger charge is 2.37. The Morgan fingerprint density at radius 2 is 2.09 bits per heavy atom. The Kier molecular flexibility index (Phi) is 6.12. The zero-order valence-corrected chi connectivity index (χ0v) is 14.2. The van der Waals surface area contributed by atoms with Crippen LogP contribution in [-0.4, -0.2) is 27.1 Å². The number of allylic oxidation sites excluding steroid dienone is 2. The molecule has 2 rings (SSSR count). The van der Waals surface area contributed by atoms with Gasteiger partial charge in [-0.05, 0) is 18.1 Å². The number of amides is 1. The first kappa shape index (κ1) is 17.4. The van der Waals surface area contributed by atoms with Crippen LogP contribution in [0.2, 0.25) is 0 Å². The van der Waals surface area contributed by atoms with Gasteiger partial charge in [0.25, 0.3) is 5.91 Å². The van der Waals surface area contributed by atoms with E-state index in [1.807, 2.05) is 43.3 Å². The summed E-state index contributed by atoms with van der Waals surface area (Å²) in [6.07, 6.45) is 6.24. The summed E-state index contributed by atoms with van der Waals surface area (Å²) in [4.78, 5) is 25.2. The van der Waals surface area contributed by atoms with E-state index in [1.165, 1.54) is 0 Å². The molecule has 0 saturated carbocycles. The van der Waals surface area contributed by atoms with Gasteiger partial charge in [-0.3, -0.25) is 9.69 Å². The van der Waals surface area contributed by atoms with Gasteiger partial charge in [0.2, 0.25) is 0 Å². The highest BCUT2D eigenvalue weighted by atomic mass is 32.2. The summed E-state index contributed by atoms with van der Waals surface area (Å²) < 4.78 is 0.261. The van der Waals surface area contributed by atoms with E-state index in [4.69, 9.17) is 12.2 Å². The van der Waals surface area contributed by atoms with Crippen molar-refractivity contribution in [3.8, 4) is 0 Å². The number of thioether (sulfide) groups is 1. The predicted octanol–water partition coefficient (Wildman–Crippen LogP) is 2.36. The van der Waals surface area contributed by atoms with Crippen molar-refractivity contribution < 1.29 is 14.7 Å². The van der Waals surface area contributed by atoms with Gasteiger partial charge in [-0.1, -0.05) is 79.8 Å². The molecule has 1 fully saturated rings. The number of benzene rings is 1. The van der Waals surface area contributed by atoms with Crippen LogP contribution in [0.1, 0.15) is 25.3 Å². The molecule has 1 aromatic rings. The molecule has 1 aliphatic heterocycles. The molecule has 1 amide bonds. The Labute approximate surface area is 144 Å². The molecule has 0 N–H and O–H groups in total. The molecule has 4 nitrogen and oxygen atoms in total. The smallest absolute Gasteiger partial charge is 0.266 e. The molecule has 120 valence electrons. The number of hydrogen-bond donors (Lipinski definition) is 0. The molecule has 0 unspecified atom stereocenters. The molecule has 0 radical (unpaired) electrons. The van der Waals surface area contributed by atoms with Gasteiger partial charge < -0.3 is 9.90 Å². The molecule has 1 heterocycles. The van der Waals surface area contributed by atoms with Crippen molar-refractivity contribution in [2.45, 2.75) is 25.8 Å². The van der Waals surface area contributed by atoms with E-state index in [1.54, 1.807) is 12.2 Å². The number of carbonyl (C=O) groups is 2. The fraction of sp³-hybridized carbons (Fsp3) is 0.235. The molecule has 1 saturated heterocycles. The van der Waals surface area contributed by atoms with Crippen LogP contribution in [0, 0.1) is 0 Å². The van der Waals surface area contributed by atoms with Gasteiger partial charge in [0, 0.05) is 0 Å². The van der Waals surface area contributed by atoms with Crippen molar-refractivity contribution in [3.63, 3.8) is 0 Å². The molecule has 0 spiro atoms. The maximum atomic E-state index is 12.4. The molecule has 1 aromatic carbocycles. The van der Waals surface area contributed by atoms with E-state index in [0.717, 1.165) is 22.2 Å². The maximum absolute atomic E-state index is 12.4. The zero-order valence-electron chi connectivity index (χ0n) is 12.6. The summed E-state index contributed by atoms with van der Waals surface area (Å²) in [5.41, 5.74) is 1.01. The maximum Gasteiger partial charge on any atom is 0.266 e. The van der Waals surface area contributed by atoms with Gasteiger partial charge >= 0.3 is 0 Å². The minimum atomic E-state index is -1.27. The summed E-state index contributed by atoms with van der Waals surface area (Å²) in [6, 6.07) is 8.67. The van der Waals surface area contributed by atoms with E-state index in [2.05, 4.69) is 0 Å². The van der Waals surface area contributed by atoms with Crippen LogP contribution in [0.25, 0.3) is 6.08 Å². The number of aliphatic carboxylic acids is 1. The van der Waals surface area contributed by atoms with Crippen molar-refractivity contribution in [1.82, 2.24) is 4.90 Å². The predicted molar refractivity (Wildman–Crippen MR) is 94.3 cm³/mol. The third-order valence-electron chi connectivity index (χ3n) is 3.31. The second-order valence-corrected chi connectivity index (χ2v) is 6.64. The summed E-state index contributed by atoms with van der Waals surface area (Å²) >= 11 is 6.28. The van der Waals surface area contributed by atoms with Crippen LogP contribution in [0.5, 0.6) is 0 Å². The van der Waals surface area contributed by atoms with Crippen molar-refractivity contribution >= 4 is 46.3 Å². The van der Waals surface area contributed by atoms with Crippen molar-refractivity contribution in [3.05, 3.63) is 53.0 Å². The molecular weight excluding hydrogens is 330 g/mol. The highest BCUT2D eigenvalue weighted by Crippen LogP contribution is 2.33. The van der Waals surface area contributed by atoms with Gasteiger partial charge in [0.1, 0.15) is 4.32 Å². The highest BCUT2D eigenvalue weighted by molar-refractivity contribution is 8.26. The quantitative estimate of drug-likeness (QED) is 0.584. The third-order valence-corrected chi connectivity index (χ3v) is 4.65. The number of carboxylic acid groups (broad SMARTS) is 1. The van der Waals surface area contributed by atoms with Crippen LogP contribution < -0.4 is 5.11 Å². The Morgan fingerprint density at radius 3 is 2.70 bits per heavy atom. The average molecular weight is 346 g/mol. The third kappa shape index (κ3) is 4.30. The fourth-order valence-electron chi connectivity index (χ4n) is 2.20. The standard InChI is InChI=1S/C17H17NO3S2/c1-2-7-13(16(20)21)18-15(19)14(23-17(18)22)11-6-10-12-8-4-3-5-9-12/h3-6,8-11,13H,2,7H2,1H3,(H,20,21)/p-1/b10-6+,14-11-/t13-/m0/s1. The molecule has 0 aromatic heterocycles. The molecular formula is C17H16NO3S2-.